The van der Waals surface area contributed by atoms with Gasteiger partial charge in [0.15, 0.2) is 9.34 Å². The summed E-state index contributed by atoms with van der Waals surface area (Å²) in [5.74, 6) is 0. The lowest BCUT2D eigenvalue weighted by Gasteiger charge is -2.36. The van der Waals surface area contributed by atoms with Crippen LogP contribution in [0, 0.1) is 0 Å². The lowest BCUT2D eigenvalue weighted by atomic mass is 10.1. The van der Waals surface area contributed by atoms with Gasteiger partial charge in [-0.05, 0) is 29.3 Å². The third-order valence-electron chi connectivity index (χ3n) is 3.20. The number of anilines is 1. The van der Waals surface area contributed by atoms with Crippen molar-refractivity contribution in [2.24, 2.45) is 5.14 Å². The molecule has 2 aromatic rings. The van der Waals surface area contributed by atoms with Crippen molar-refractivity contribution in [3.8, 4) is 0 Å². The fourth-order valence-corrected chi connectivity index (χ4v) is 4.54. The zero-order valence-corrected chi connectivity index (χ0v) is 13.7. The maximum Gasteiger partial charge on any atom is 0.249 e. The Morgan fingerprint density at radius 2 is 2.29 bits per heavy atom. The first-order chi connectivity index (χ1) is 9.93. The van der Waals surface area contributed by atoms with Crippen molar-refractivity contribution < 1.29 is 13.2 Å². The summed E-state index contributed by atoms with van der Waals surface area (Å²) < 4.78 is 28.7. The predicted octanol–water partition coefficient (Wildman–Crippen LogP) is 1.82. The van der Waals surface area contributed by atoms with Gasteiger partial charge < -0.3 is 9.64 Å². The van der Waals surface area contributed by atoms with E-state index in [0.29, 0.717) is 18.2 Å². The Balaban J connectivity index is 1.83. The number of nitrogens with two attached hydrogens (primary N) is 1. The van der Waals surface area contributed by atoms with Crippen molar-refractivity contribution >= 4 is 37.8 Å². The highest BCUT2D eigenvalue weighted by molar-refractivity contribution is 7.91. The molecule has 114 valence electrons. The van der Waals surface area contributed by atoms with Gasteiger partial charge >= 0.3 is 0 Å². The van der Waals surface area contributed by atoms with Gasteiger partial charge in [0.1, 0.15) is 6.10 Å². The molecule has 2 N–H and O–H groups in total. The normalized spacial score (nSPS) is 23.4. The predicted molar refractivity (Wildman–Crippen MR) is 83.3 cm³/mol. The van der Waals surface area contributed by atoms with Crippen LogP contribution in [0.4, 0.5) is 5.13 Å². The van der Waals surface area contributed by atoms with Crippen LogP contribution in [-0.4, -0.2) is 32.6 Å². The second-order valence-corrected chi connectivity index (χ2v) is 8.48. The standard InChI is InChI=1S/C12H15N3O3S3/c1-8-5-15(6-10(18-8)9-2-3-19-7-9)12-14-4-11(20-12)21(13,16)17/h2-4,7-8,10H,5-6H2,1H3,(H2,13,16,17). The minimum Gasteiger partial charge on any atom is -0.367 e. The molecule has 0 spiro atoms. The van der Waals surface area contributed by atoms with E-state index in [2.05, 4.69) is 15.3 Å². The molecule has 3 rings (SSSR count). The first kappa shape index (κ1) is 14.9. The van der Waals surface area contributed by atoms with Crippen LogP contribution in [0.15, 0.2) is 27.2 Å². The first-order valence-electron chi connectivity index (χ1n) is 6.34. The summed E-state index contributed by atoms with van der Waals surface area (Å²) in [6, 6.07) is 2.04. The molecule has 0 amide bonds. The van der Waals surface area contributed by atoms with Crippen molar-refractivity contribution in [1.29, 1.82) is 0 Å². The molecule has 0 radical (unpaired) electrons. The molecule has 0 saturated carbocycles. The molecule has 1 aliphatic heterocycles. The Hall–Kier alpha value is -1.00. The SMILES string of the molecule is CC1CN(c2ncc(S(N)(=O)=O)s2)CC(c2ccsc2)O1. The van der Waals surface area contributed by atoms with Crippen molar-refractivity contribution in [3.05, 3.63) is 28.6 Å². The number of thiophene rings is 1. The maximum absolute atomic E-state index is 11.4. The Bertz CT molecular complexity index is 711. The Morgan fingerprint density at radius 1 is 1.48 bits per heavy atom. The summed E-state index contributed by atoms with van der Waals surface area (Å²) in [4.78, 5) is 6.24. The highest BCUT2D eigenvalue weighted by atomic mass is 32.2. The van der Waals surface area contributed by atoms with Gasteiger partial charge in [-0.3, -0.25) is 0 Å². The molecule has 2 unspecified atom stereocenters. The topological polar surface area (TPSA) is 85.5 Å². The largest absolute Gasteiger partial charge is 0.367 e. The van der Waals surface area contributed by atoms with Gasteiger partial charge in [0.05, 0.1) is 18.8 Å². The maximum atomic E-state index is 11.4. The highest BCUT2D eigenvalue weighted by Gasteiger charge is 2.29. The third kappa shape index (κ3) is 3.27. The molecule has 1 aliphatic rings. The van der Waals surface area contributed by atoms with Crippen LogP contribution in [0.2, 0.25) is 0 Å². The molecule has 6 nitrogen and oxygen atoms in total. The third-order valence-corrected chi connectivity index (χ3v) is 6.37. The molecule has 2 aromatic heterocycles. The fraction of sp³-hybridized carbons (Fsp3) is 0.417. The molecule has 3 heterocycles. The molecule has 21 heavy (non-hydrogen) atoms. The van der Waals surface area contributed by atoms with Crippen LogP contribution in [0.5, 0.6) is 0 Å². The van der Waals surface area contributed by atoms with Gasteiger partial charge in [-0.1, -0.05) is 11.3 Å². The van der Waals surface area contributed by atoms with Gasteiger partial charge in [0, 0.05) is 6.54 Å². The highest BCUT2D eigenvalue weighted by Crippen LogP contribution is 2.32. The zero-order valence-electron chi connectivity index (χ0n) is 11.3. The van der Waals surface area contributed by atoms with E-state index in [4.69, 9.17) is 9.88 Å². The van der Waals surface area contributed by atoms with Gasteiger partial charge in [-0.2, -0.15) is 11.3 Å². The van der Waals surface area contributed by atoms with Crippen LogP contribution >= 0.6 is 22.7 Å². The van der Waals surface area contributed by atoms with Gasteiger partial charge in [0.25, 0.3) is 0 Å². The van der Waals surface area contributed by atoms with E-state index in [1.165, 1.54) is 6.20 Å². The van der Waals surface area contributed by atoms with Gasteiger partial charge in [0.2, 0.25) is 10.0 Å². The fourth-order valence-electron chi connectivity index (χ4n) is 2.28. The summed E-state index contributed by atoms with van der Waals surface area (Å²) >= 11 is 2.73. The van der Waals surface area contributed by atoms with E-state index in [9.17, 15) is 8.42 Å². The quantitative estimate of drug-likeness (QED) is 0.917. The average Bonchev–Trinajstić information content (AvgIpc) is 3.09. The summed E-state index contributed by atoms with van der Waals surface area (Å²) in [5.41, 5.74) is 1.14. The minimum absolute atomic E-state index is 0.0261. The molecule has 0 bridgehead atoms. The number of nitrogens with zero attached hydrogens (tertiary/aromatic N) is 2. The molecule has 9 heteroatoms. The lowest BCUT2D eigenvalue weighted by Crippen LogP contribution is -2.42. The van der Waals surface area contributed by atoms with Crippen LogP contribution in [-0.2, 0) is 14.8 Å². The molecule has 0 aliphatic carbocycles. The van der Waals surface area contributed by atoms with Crippen molar-refractivity contribution in [1.82, 2.24) is 4.98 Å². The van der Waals surface area contributed by atoms with E-state index in [-0.39, 0.29) is 16.4 Å². The first-order valence-corrected chi connectivity index (χ1v) is 9.65. The second-order valence-electron chi connectivity index (χ2n) is 4.90. The number of rotatable bonds is 3. The molecule has 0 aromatic carbocycles. The van der Waals surface area contributed by atoms with Crippen LogP contribution in [0.25, 0.3) is 0 Å². The summed E-state index contributed by atoms with van der Waals surface area (Å²) in [6.07, 6.45) is 1.34. The Labute approximate surface area is 131 Å². The Morgan fingerprint density at radius 3 is 2.90 bits per heavy atom. The van der Waals surface area contributed by atoms with Crippen LogP contribution in [0.3, 0.4) is 0 Å². The summed E-state index contributed by atoms with van der Waals surface area (Å²) in [7, 11) is -3.69. The van der Waals surface area contributed by atoms with Crippen molar-refractivity contribution in [3.63, 3.8) is 0 Å². The van der Waals surface area contributed by atoms with E-state index in [1.807, 2.05) is 18.4 Å². The van der Waals surface area contributed by atoms with Crippen molar-refractivity contribution in [2.75, 3.05) is 18.0 Å². The molecule has 1 fully saturated rings. The summed E-state index contributed by atoms with van der Waals surface area (Å²) in [5, 5.41) is 9.88. The van der Waals surface area contributed by atoms with E-state index in [1.54, 1.807) is 11.3 Å². The lowest BCUT2D eigenvalue weighted by molar-refractivity contribution is -0.0171. The van der Waals surface area contributed by atoms with Gasteiger partial charge in [-0.25, -0.2) is 18.5 Å². The summed E-state index contributed by atoms with van der Waals surface area (Å²) in [6.45, 7) is 3.33. The number of morpholine rings is 1. The molecule has 2 atom stereocenters. The van der Waals surface area contributed by atoms with Crippen LogP contribution < -0.4 is 10.0 Å². The van der Waals surface area contributed by atoms with E-state index >= 15 is 0 Å². The molecule has 1 saturated heterocycles. The number of sulfonamides is 1. The Kier molecular flexibility index (Phi) is 4.02. The molecular weight excluding hydrogens is 330 g/mol. The number of hydrogen-bond donors (Lipinski definition) is 1. The number of hydrogen-bond acceptors (Lipinski definition) is 7. The van der Waals surface area contributed by atoms with Crippen molar-refractivity contribution in [2.45, 2.75) is 23.3 Å². The number of primary sulfonamides is 1. The monoisotopic (exact) mass is 345 g/mol. The average molecular weight is 345 g/mol. The second kappa shape index (κ2) is 5.65. The van der Waals surface area contributed by atoms with Gasteiger partial charge in [-0.15, -0.1) is 0 Å². The van der Waals surface area contributed by atoms with Crippen LogP contribution in [0.1, 0.15) is 18.6 Å². The van der Waals surface area contributed by atoms with E-state index < -0.39 is 10.0 Å². The minimum atomic E-state index is -3.69. The van der Waals surface area contributed by atoms with E-state index in [0.717, 1.165) is 16.9 Å². The molecular formula is C12H15N3O3S3. The zero-order chi connectivity index (χ0) is 15.0. The smallest absolute Gasteiger partial charge is 0.249 e. The number of ether oxygens (including phenoxy) is 1. The number of thiazole rings is 1. The number of aromatic nitrogens is 1.